The molecule has 1 aromatic rings. The number of hydrogen-bond acceptors (Lipinski definition) is 5. The Balaban J connectivity index is 2.06. The Bertz CT molecular complexity index is 406. The Hall–Kier alpha value is -1.30. The zero-order valence-electron chi connectivity index (χ0n) is 11.7. The van der Waals surface area contributed by atoms with Crippen LogP contribution in [0.25, 0.3) is 0 Å². The summed E-state index contributed by atoms with van der Waals surface area (Å²) in [4.78, 5) is 2.38. The van der Waals surface area contributed by atoms with Gasteiger partial charge in [0.25, 0.3) is 0 Å². The van der Waals surface area contributed by atoms with Gasteiger partial charge in [-0.15, -0.1) is 0 Å². The molecule has 1 fully saturated rings. The summed E-state index contributed by atoms with van der Waals surface area (Å²) in [6.45, 7) is 5.02. The molecule has 1 saturated heterocycles. The maximum absolute atomic E-state index is 6.31. The van der Waals surface area contributed by atoms with Crippen molar-refractivity contribution in [3.8, 4) is 11.5 Å². The van der Waals surface area contributed by atoms with Crippen molar-refractivity contribution >= 4 is 0 Å². The topological polar surface area (TPSA) is 59.8 Å². The molecule has 0 amide bonds. The minimum atomic E-state index is -0.0426. The summed E-state index contributed by atoms with van der Waals surface area (Å²) >= 11 is 0. The zero-order chi connectivity index (χ0) is 13.7. The van der Waals surface area contributed by atoms with Gasteiger partial charge in [0, 0.05) is 50.4 Å². The lowest BCUT2D eigenvalue weighted by Crippen LogP contribution is -2.45. The maximum atomic E-state index is 6.31. The van der Waals surface area contributed by atoms with Crippen molar-refractivity contribution in [3.63, 3.8) is 0 Å². The van der Waals surface area contributed by atoms with E-state index in [0.717, 1.165) is 49.8 Å². The van der Waals surface area contributed by atoms with E-state index in [1.165, 1.54) is 0 Å². The number of benzene rings is 1. The van der Waals surface area contributed by atoms with E-state index in [2.05, 4.69) is 10.2 Å². The molecule has 0 aliphatic carbocycles. The third-order valence-electron chi connectivity index (χ3n) is 3.50. The zero-order valence-corrected chi connectivity index (χ0v) is 11.7. The second-order valence-corrected chi connectivity index (χ2v) is 4.76. The minimum absolute atomic E-state index is 0.0426. The number of hydrogen-bond donors (Lipinski definition) is 2. The largest absolute Gasteiger partial charge is 0.497 e. The fourth-order valence-electron chi connectivity index (χ4n) is 2.40. The van der Waals surface area contributed by atoms with Crippen LogP contribution < -0.4 is 20.5 Å². The Morgan fingerprint density at radius 2 is 2.00 bits per heavy atom. The lowest BCUT2D eigenvalue weighted by atomic mass is 10.1. The van der Waals surface area contributed by atoms with Gasteiger partial charge in [-0.2, -0.15) is 0 Å². The first kappa shape index (κ1) is 14.1. The molecule has 1 aliphatic rings. The van der Waals surface area contributed by atoms with Crippen LogP contribution in [-0.2, 0) is 0 Å². The first-order valence-corrected chi connectivity index (χ1v) is 6.65. The summed E-state index contributed by atoms with van der Waals surface area (Å²) in [6, 6.07) is 5.76. The summed E-state index contributed by atoms with van der Waals surface area (Å²) < 4.78 is 10.6. The number of methoxy groups -OCH3 is 2. The van der Waals surface area contributed by atoms with E-state index in [1.54, 1.807) is 14.2 Å². The summed E-state index contributed by atoms with van der Waals surface area (Å²) in [6.07, 6.45) is 0. The van der Waals surface area contributed by atoms with Crippen molar-refractivity contribution in [1.82, 2.24) is 10.2 Å². The SMILES string of the molecule is COc1ccc(C(N)CN2CCNCC2)c(OC)c1. The highest BCUT2D eigenvalue weighted by Gasteiger charge is 2.17. The van der Waals surface area contributed by atoms with Crippen LogP contribution in [0.3, 0.4) is 0 Å². The summed E-state index contributed by atoms with van der Waals surface area (Å²) in [5.41, 5.74) is 7.34. The van der Waals surface area contributed by atoms with Crippen LogP contribution in [0.1, 0.15) is 11.6 Å². The number of rotatable bonds is 5. The third-order valence-corrected chi connectivity index (χ3v) is 3.50. The Kier molecular flexibility index (Phi) is 5.01. The molecule has 1 atom stereocenters. The van der Waals surface area contributed by atoms with Gasteiger partial charge >= 0.3 is 0 Å². The normalized spacial score (nSPS) is 18.1. The standard InChI is InChI=1S/C14H23N3O2/c1-18-11-3-4-12(14(9-11)19-2)13(15)10-17-7-5-16-6-8-17/h3-4,9,13,16H,5-8,10,15H2,1-2H3. The van der Waals surface area contributed by atoms with E-state index in [-0.39, 0.29) is 6.04 Å². The van der Waals surface area contributed by atoms with Crippen molar-refractivity contribution in [3.05, 3.63) is 23.8 Å². The van der Waals surface area contributed by atoms with Crippen LogP contribution in [-0.4, -0.2) is 51.8 Å². The van der Waals surface area contributed by atoms with Gasteiger partial charge in [0.2, 0.25) is 0 Å². The second-order valence-electron chi connectivity index (χ2n) is 4.76. The van der Waals surface area contributed by atoms with Crippen LogP contribution in [0.4, 0.5) is 0 Å². The molecule has 1 unspecified atom stereocenters. The molecule has 5 nitrogen and oxygen atoms in total. The van der Waals surface area contributed by atoms with Crippen molar-refractivity contribution in [2.24, 2.45) is 5.73 Å². The lowest BCUT2D eigenvalue weighted by molar-refractivity contribution is 0.226. The molecule has 0 spiro atoms. The Morgan fingerprint density at radius 3 is 2.63 bits per heavy atom. The average Bonchev–Trinajstić information content (AvgIpc) is 2.47. The molecule has 0 aromatic heterocycles. The first-order valence-electron chi connectivity index (χ1n) is 6.65. The van der Waals surface area contributed by atoms with Crippen LogP contribution in [0.2, 0.25) is 0 Å². The van der Waals surface area contributed by atoms with E-state index in [9.17, 15) is 0 Å². The van der Waals surface area contributed by atoms with Gasteiger partial charge in [-0.1, -0.05) is 6.07 Å². The van der Waals surface area contributed by atoms with Crippen LogP contribution in [0.15, 0.2) is 18.2 Å². The van der Waals surface area contributed by atoms with Crippen molar-refractivity contribution in [1.29, 1.82) is 0 Å². The molecule has 3 N–H and O–H groups in total. The third kappa shape index (κ3) is 3.59. The van der Waals surface area contributed by atoms with Crippen LogP contribution >= 0.6 is 0 Å². The van der Waals surface area contributed by atoms with Gasteiger partial charge in [-0.05, 0) is 6.07 Å². The molecule has 19 heavy (non-hydrogen) atoms. The van der Waals surface area contributed by atoms with E-state index in [0.29, 0.717) is 0 Å². The van der Waals surface area contributed by atoms with Crippen molar-refractivity contribution in [2.45, 2.75) is 6.04 Å². The van der Waals surface area contributed by atoms with E-state index < -0.39 is 0 Å². The fourth-order valence-corrected chi connectivity index (χ4v) is 2.40. The summed E-state index contributed by atoms with van der Waals surface area (Å²) in [5, 5.41) is 3.34. The molecule has 1 aliphatic heterocycles. The Morgan fingerprint density at radius 1 is 1.26 bits per heavy atom. The molecular formula is C14H23N3O2. The van der Waals surface area contributed by atoms with Crippen molar-refractivity contribution in [2.75, 3.05) is 46.9 Å². The molecule has 5 heteroatoms. The monoisotopic (exact) mass is 265 g/mol. The van der Waals surface area contributed by atoms with Gasteiger partial charge in [-0.25, -0.2) is 0 Å². The maximum Gasteiger partial charge on any atom is 0.127 e. The first-order chi connectivity index (χ1) is 9.24. The van der Waals surface area contributed by atoms with Crippen LogP contribution in [0, 0.1) is 0 Å². The number of piperazine rings is 1. The van der Waals surface area contributed by atoms with Gasteiger partial charge in [0.1, 0.15) is 11.5 Å². The number of nitrogens with one attached hydrogen (secondary N) is 1. The number of ether oxygens (including phenoxy) is 2. The lowest BCUT2D eigenvalue weighted by Gasteiger charge is -2.30. The van der Waals surface area contributed by atoms with E-state index in [1.807, 2.05) is 18.2 Å². The number of nitrogens with zero attached hydrogens (tertiary/aromatic N) is 1. The molecule has 106 valence electrons. The van der Waals surface area contributed by atoms with E-state index >= 15 is 0 Å². The minimum Gasteiger partial charge on any atom is -0.497 e. The summed E-state index contributed by atoms with van der Waals surface area (Å²) in [7, 11) is 3.31. The van der Waals surface area contributed by atoms with Gasteiger partial charge in [0.15, 0.2) is 0 Å². The molecule has 1 heterocycles. The highest BCUT2D eigenvalue weighted by Crippen LogP contribution is 2.28. The average molecular weight is 265 g/mol. The molecule has 0 radical (unpaired) electrons. The van der Waals surface area contributed by atoms with Gasteiger partial charge in [0.05, 0.1) is 14.2 Å². The van der Waals surface area contributed by atoms with Crippen LogP contribution in [0.5, 0.6) is 11.5 Å². The quantitative estimate of drug-likeness (QED) is 0.817. The fraction of sp³-hybridized carbons (Fsp3) is 0.571. The Labute approximate surface area is 114 Å². The van der Waals surface area contributed by atoms with Gasteiger partial charge < -0.3 is 20.5 Å². The number of nitrogens with two attached hydrogens (primary N) is 1. The molecule has 2 rings (SSSR count). The molecular weight excluding hydrogens is 242 g/mol. The molecule has 0 bridgehead atoms. The van der Waals surface area contributed by atoms with Gasteiger partial charge in [-0.3, -0.25) is 4.90 Å². The van der Waals surface area contributed by atoms with Crippen molar-refractivity contribution < 1.29 is 9.47 Å². The highest BCUT2D eigenvalue weighted by atomic mass is 16.5. The predicted molar refractivity (Wildman–Crippen MR) is 75.8 cm³/mol. The summed E-state index contributed by atoms with van der Waals surface area (Å²) in [5.74, 6) is 1.58. The smallest absolute Gasteiger partial charge is 0.127 e. The molecule has 0 saturated carbocycles. The second kappa shape index (κ2) is 6.75. The highest BCUT2D eigenvalue weighted by molar-refractivity contribution is 5.42. The van der Waals surface area contributed by atoms with E-state index in [4.69, 9.17) is 15.2 Å². The predicted octanol–water partition coefficient (Wildman–Crippen LogP) is 0.609. The molecule has 1 aromatic carbocycles.